The van der Waals surface area contributed by atoms with Gasteiger partial charge in [0.1, 0.15) is 0 Å². The van der Waals surface area contributed by atoms with Crippen LogP contribution in [0.2, 0.25) is 0 Å². The number of ketones is 1. The second-order valence-corrected chi connectivity index (χ2v) is 5.84. The number of hydrogen-bond acceptors (Lipinski definition) is 3. The summed E-state index contributed by atoms with van der Waals surface area (Å²) >= 11 is 0. The average Bonchev–Trinajstić information content (AvgIpc) is 2.79. The lowest BCUT2D eigenvalue weighted by atomic mass is 9.76. The summed E-state index contributed by atoms with van der Waals surface area (Å²) in [6, 6.07) is 15.9. The van der Waals surface area contributed by atoms with Crippen LogP contribution in [0.1, 0.15) is 29.3 Å². The first-order chi connectivity index (χ1) is 11.0. The predicted molar refractivity (Wildman–Crippen MR) is 88.3 cm³/mol. The SMILES string of the molecule is CC[C@H](C(=O)c1ccccc1)[C@@]1(O)C(=O)N(C)c2ccccc21. The van der Waals surface area contributed by atoms with Gasteiger partial charge in [0.05, 0.1) is 11.6 Å². The molecule has 1 N–H and O–H groups in total. The summed E-state index contributed by atoms with van der Waals surface area (Å²) in [4.78, 5) is 27.1. The van der Waals surface area contributed by atoms with Gasteiger partial charge < -0.3 is 10.0 Å². The summed E-state index contributed by atoms with van der Waals surface area (Å²) in [5.74, 6) is -1.48. The van der Waals surface area contributed by atoms with Crippen molar-refractivity contribution in [1.29, 1.82) is 0 Å². The lowest BCUT2D eigenvalue weighted by molar-refractivity contribution is -0.140. The van der Waals surface area contributed by atoms with Gasteiger partial charge in [0.15, 0.2) is 11.4 Å². The highest BCUT2D eigenvalue weighted by Crippen LogP contribution is 2.45. The van der Waals surface area contributed by atoms with Crippen LogP contribution < -0.4 is 4.90 Å². The van der Waals surface area contributed by atoms with Crippen molar-refractivity contribution in [2.75, 3.05) is 11.9 Å². The van der Waals surface area contributed by atoms with E-state index >= 15 is 0 Å². The van der Waals surface area contributed by atoms with Gasteiger partial charge in [0.2, 0.25) is 0 Å². The van der Waals surface area contributed by atoms with Crippen LogP contribution >= 0.6 is 0 Å². The van der Waals surface area contributed by atoms with Crippen molar-refractivity contribution in [2.24, 2.45) is 5.92 Å². The number of nitrogens with zero attached hydrogens (tertiary/aromatic N) is 1. The smallest absolute Gasteiger partial charge is 0.264 e. The van der Waals surface area contributed by atoms with Crippen LogP contribution in [0, 0.1) is 5.92 Å². The summed E-state index contributed by atoms with van der Waals surface area (Å²) in [5, 5.41) is 11.3. The maximum atomic E-state index is 12.9. The zero-order valence-electron chi connectivity index (χ0n) is 13.2. The molecule has 1 aliphatic heterocycles. The Balaban J connectivity index is 2.11. The van der Waals surface area contributed by atoms with Crippen molar-refractivity contribution in [2.45, 2.75) is 18.9 Å². The van der Waals surface area contributed by atoms with E-state index in [0.717, 1.165) is 0 Å². The molecule has 0 spiro atoms. The fraction of sp³-hybridized carbons (Fsp3) is 0.263. The molecule has 4 heteroatoms. The third kappa shape index (κ3) is 2.18. The molecule has 0 saturated carbocycles. The summed E-state index contributed by atoms with van der Waals surface area (Å²) in [6.45, 7) is 1.82. The third-order valence-electron chi connectivity index (χ3n) is 4.59. The molecule has 3 rings (SSSR count). The predicted octanol–water partition coefficient (Wildman–Crippen LogP) is 2.76. The zero-order chi connectivity index (χ0) is 16.6. The number of rotatable bonds is 4. The molecule has 2 aromatic rings. The zero-order valence-corrected chi connectivity index (χ0v) is 13.2. The number of Topliss-reactive ketones (excluding diaryl/α,β-unsaturated/α-hetero) is 1. The molecular weight excluding hydrogens is 290 g/mol. The standard InChI is InChI=1S/C19H19NO3/c1-3-14(17(21)13-9-5-4-6-10-13)19(23)15-11-7-8-12-16(15)20(2)18(19)22/h4-12,14,23H,3H2,1-2H3/t14-,19+/m1/s1. The van der Waals surface area contributed by atoms with Crippen LogP contribution in [0.4, 0.5) is 5.69 Å². The molecule has 0 saturated heterocycles. The third-order valence-corrected chi connectivity index (χ3v) is 4.59. The fourth-order valence-corrected chi connectivity index (χ4v) is 3.38. The number of carbonyl (C=O) groups is 2. The van der Waals surface area contributed by atoms with Gasteiger partial charge in [-0.15, -0.1) is 0 Å². The quantitative estimate of drug-likeness (QED) is 0.884. The van der Waals surface area contributed by atoms with Gasteiger partial charge in [-0.3, -0.25) is 9.59 Å². The molecule has 118 valence electrons. The van der Waals surface area contributed by atoms with E-state index in [2.05, 4.69) is 0 Å². The Kier molecular flexibility index (Phi) is 3.78. The van der Waals surface area contributed by atoms with Crippen molar-refractivity contribution < 1.29 is 14.7 Å². The van der Waals surface area contributed by atoms with Crippen molar-refractivity contribution in [1.82, 2.24) is 0 Å². The lowest BCUT2D eigenvalue weighted by Gasteiger charge is -2.30. The van der Waals surface area contributed by atoms with E-state index in [1.807, 2.05) is 19.1 Å². The molecule has 1 aliphatic rings. The maximum Gasteiger partial charge on any atom is 0.264 e. The molecule has 0 fully saturated rings. The van der Waals surface area contributed by atoms with E-state index in [1.54, 1.807) is 49.5 Å². The number of aliphatic hydroxyl groups is 1. The Labute approximate surface area is 135 Å². The van der Waals surface area contributed by atoms with Crippen LogP contribution in [-0.2, 0) is 10.4 Å². The summed E-state index contributed by atoms with van der Waals surface area (Å²) < 4.78 is 0. The number of hydrogen-bond donors (Lipinski definition) is 1. The van der Waals surface area contributed by atoms with E-state index in [1.165, 1.54) is 4.90 Å². The Morgan fingerprint density at radius 2 is 1.74 bits per heavy atom. The topological polar surface area (TPSA) is 57.6 Å². The minimum atomic E-state index is -1.81. The van der Waals surface area contributed by atoms with Gasteiger partial charge in [0.25, 0.3) is 5.91 Å². The van der Waals surface area contributed by atoms with Crippen molar-refractivity contribution >= 4 is 17.4 Å². The van der Waals surface area contributed by atoms with Gasteiger partial charge in [-0.25, -0.2) is 0 Å². The van der Waals surface area contributed by atoms with E-state index in [0.29, 0.717) is 23.2 Å². The second-order valence-electron chi connectivity index (χ2n) is 5.84. The fourth-order valence-electron chi connectivity index (χ4n) is 3.38. The largest absolute Gasteiger partial charge is 0.375 e. The Hall–Kier alpha value is -2.46. The number of carbonyl (C=O) groups excluding carboxylic acids is 2. The molecule has 1 heterocycles. The first kappa shape index (κ1) is 15.4. The van der Waals surface area contributed by atoms with E-state index < -0.39 is 17.4 Å². The summed E-state index contributed by atoms with van der Waals surface area (Å²) in [6.07, 6.45) is 0.373. The Morgan fingerprint density at radius 3 is 2.39 bits per heavy atom. The maximum absolute atomic E-state index is 12.9. The van der Waals surface area contributed by atoms with E-state index in [4.69, 9.17) is 0 Å². The van der Waals surface area contributed by atoms with Crippen LogP contribution in [0.5, 0.6) is 0 Å². The summed E-state index contributed by atoms with van der Waals surface area (Å²) in [7, 11) is 1.62. The molecule has 0 aliphatic carbocycles. The molecule has 2 atom stereocenters. The highest BCUT2D eigenvalue weighted by Gasteiger charge is 2.55. The molecule has 0 unspecified atom stereocenters. The van der Waals surface area contributed by atoms with Crippen LogP contribution in [0.25, 0.3) is 0 Å². The van der Waals surface area contributed by atoms with Crippen molar-refractivity contribution in [3.63, 3.8) is 0 Å². The second kappa shape index (κ2) is 5.63. The minimum Gasteiger partial charge on any atom is -0.375 e. The normalized spacial score (nSPS) is 21.2. The minimum absolute atomic E-state index is 0.214. The van der Waals surface area contributed by atoms with Gasteiger partial charge in [-0.05, 0) is 12.5 Å². The lowest BCUT2D eigenvalue weighted by Crippen LogP contribution is -2.47. The molecule has 4 nitrogen and oxygen atoms in total. The highest BCUT2D eigenvalue weighted by molar-refractivity contribution is 6.11. The number of likely N-dealkylation sites (N-methyl/N-ethyl adjacent to an activating group) is 1. The first-order valence-corrected chi connectivity index (χ1v) is 7.71. The number of amides is 1. The van der Waals surface area contributed by atoms with Gasteiger partial charge in [-0.1, -0.05) is 55.5 Å². The monoisotopic (exact) mass is 309 g/mol. The molecule has 1 amide bonds. The number of anilines is 1. The van der Waals surface area contributed by atoms with Crippen molar-refractivity contribution in [3.8, 4) is 0 Å². The molecule has 23 heavy (non-hydrogen) atoms. The van der Waals surface area contributed by atoms with Gasteiger partial charge in [-0.2, -0.15) is 0 Å². The molecule has 0 aromatic heterocycles. The molecule has 0 bridgehead atoms. The Bertz CT molecular complexity index is 756. The summed E-state index contributed by atoms with van der Waals surface area (Å²) in [5.41, 5.74) is -0.150. The molecular formula is C19H19NO3. The highest BCUT2D eigenvalue weighted by atomic mass is 16.3. The molecule has 0 radical (unpaired) electrons. The van der Waals surface area contributed by atoms with Gasteiger partial charge >= 0.3 is 0 Å². The number of fused-ring (bicyclic) bond motifs is 1. The van der Waals surface area contributed by atoms with Crippen molar-refractivity contribution in [3.05, 3.63) is 65.7 Å². The van der Waals surface area contributed by atoms with Crippen LogP contribution in [0.3, 0.4) is 0 Å². The first-order valence-electron chi connectivity index (χ1n) is 7.71. The van der Waals surface area contributed by atoms with E-state index in [-0.39, 0.29) is 5.78 Å². The number of benzene rings is 2. The number of para-hydroxylation sites is 1. The average molecular weight is 309 g/mol. The Morgan fingerprint density at radius 1 is 1.13 bits per heavy atom. The van der Waals surface area contributed by atoms with Crippen LogP contribution in [-0.4, -0.2) is 23.8 Å². The van der Waals surface area contributed by atoms with Gasteiger partial charge in [0, 0.05) is 18.2 Å². The molecule has 2 aromatic carbocycles. The van der Waals surface area contributed by atoms with E-state index in [9.17, 15) is 14.7 Å². The van der Waals surface area contributed by atoms with Crippen LogP contribution in [0.15, 0.2) is 54.6 Å².